The standard InChI is InChI=1S/C46H68O2/c1-3-5-6-7-8-9-10-11-12-13-14-15-16-17-18-19-20-21-25-28-31-34-37-40-43-46(48)44-41-38-35-32-29-26-23-22-24-27-30-33-36-39-42-45(47)4-2/h1-2,5-6,21,23,25-26,34,37,39,42,45-48H,7-20,22,24,27-33,35-36,38H2/b6-5-,25-21-,26-23-,37-34+,42-39+/t45-,46-/m1/s1. The SMILES string of the molecule is C#C/C=C\CCCCCCCCCCCCCC/C=C\CC/C=C/C#C[C@@H](O)C#CCCCC/C=C\CCCCCC/C=C/[C@H](O)C#C. The summed E-state index contributed by atoms with van der Waals surface area (Å²) in [5, 5.41) is 19.2. The monoisotopic (exact) mass is 653 g/mol. The first-order valence-electron chi connectivity index (χ1n) is 19.2. The van der Waals surface area contributed by atoms with E-state index in [1.807, 2.05) is 18.2 Å². The molecular formula is C46H68O2. The second-order valence-corrected chi connectivity index (χ2v) is 12.6. The normalized spacial score (nSPS) is 12.8. The molecule has 0 saturated carbocycles. The largest absolute Gasteiger partial charge is 0.377 e. The van der Waals surface area contributed by atoms with Crippen molar-refractivity contribution in [1.82, 2.24) is 0 Å². The lowest BCUT2D eigenvalue weighted by atomic mass is 10.0. The van der Waals surface area contributed by atoms with Gasteiger partial charge in [0.1, 0.15) is 6.10 Å². The molecule has 2 N–H and O–H groups in total. The first-order valence-corrected chi connectivity index (χ1v) is 19.2. The van der Waals surface area contributed by atoms with E-state index in [0.717, 1.165) is 64.2 Å². The Balaban J connectivity index is 3.51. The smallest absolute Gasteiger partial charge is 0.176 e. The lowest BCUT2D eigenvalue weighted by molar-refractivity contribution is 0.280. The highest BCUT2D eigenvalue weighted by Crippen LogP contribution is 2.13. The minimum atomic E-state index is -0.867. The molecule has 0 radical (unpaired) electrons. The third-order valence-corrected chi connectivity index (χ3v) is 8.10. The van der Waals surface area contributed by atoms with Crippen LogP contribution in [-0.2, 0) is 0 Å². The van der Waals surface area contributed by atoms with Crippen LogP contribution >= 0.6 is 0 Å². The van der Waals surface area contributed by atoms with Gasteiger partial charge in [0.2, 0.25) is 0 Å². The molecule has 0 aliphatic heterocycles. The van der Waals surface area contributed by atoms with Crippen LogP contribution in [0, 0.1) is 48.4 Å². The first kappa shape index (κ1) is 44.9. The topological polar surface area (TPSA) is 40.5 Å². The van der Waals surface area contributed by atoms with Gasteiger partial charge in [-0.2, -0.15) is 0 Å². The van der Waals surface area contributed by atoms with Gasteiger partial charge < -0.3 is 10.2 Å². The summed E-state index contributed by atoms with van der Waals surface area (Å²) in [6, 6.07) is 0. The first-order chi connectivity index (χ1) is 23.7. The summed E-state index contributed by atoms with van der Waals surface area (Å²) in [6.45, 7) is 0. The average molecular weight is 653 g/mol. The molecule has 0 aliphatic carbocycles. The highest BCUT2D eigenvalue weighted by Gasteiger charge is 1.94. The fourth-order valence-electron chi connectivity index (χ4n) is 5.22. The molecular weight excluding hydrogens is 585 g/mol. The molecule has 2 atom stereocenters. The molecule has 0 aromatic heterocycles. The summed E-state index contributed by atoms with van der Waals surface area (Å²) in [6.07, 6.45) is 61.1. The van der Waals surface area contributed by atoms with E-state index < -0.39 is 12.2 Å². The Kier molecular flexibility index (Phi) is 37.4. The maximum atomic E-state index is 9.93. The summed E-state index contributed by atoms with van der Waals surface area (Å²) >= 11 is 0. The predicted molar refractivity (Wildman–Crippen MR) is 211 cm³/mol. The van der Waals surface area contributed by atoms with Crippen molar-refractivity contribution < 1.29 is 10.2 Å². The van der Waals surface area contributed by atoms with Gasteiger partial charge in [0, 0.05) is 6.42 Å². The average Bonchev–Trinajstić information content (AvgIpc) is 3.09. The van der Waals surface area contributed by atoms with Gasteiger partial charge in [-0.05, 0) is 102 Å². The Labute approximate surface area is 297 Å². The molecule has 0 fully saturated rings. The van der Waals surface area contributed by atoms with Crippen molar-refractivity contribution in [3.8, 4) is 48.4 Å². The zero-order chi connectivity index (χ0) is 34.9. The minimum Gasteiger partial charge on any atom is -0.377 e. The second-order valence-electron chi connectivity index (χ2n) is 12.6. The van der Waals surface area contributed by atoms with E-state index in [1.165, 1.54) is 103 Å². The maximum Gasteiger partial charge on any atom is 0.176 e. The molecule has 2 nitrogen and oxygen atoms in total. The maximum absolute atomic E-state index is 9.93. The van der Waals surface area contributed by atoms with Gasteiger partial charge in [-0.1, -0.05) is 155 Å². The van der Waals surface area contributed by atoms with Crippen molar-refractivity contribution in [2.24, 2.45) is 0 Å². The van der Waals surface area contributed by atoms with Crippen LogP contribution in [-0.4, -0.2) is 22.4 Å². The molecule has 0 amide bonds. The second kappa shape index (κ2) is 40.0. The minimum absolute atomic E-state index is 0.746. The van der Waals surface area contributed by atoms with Gasteiger partial charge in [0.15, 0.2) is 6.10 Å². The van der Waals surface area contributed by atoms with Crippen molar-refractivity contribution in [1.29, 1.82) is 0 Å². The summed E-state index contributed by atoms with van der Waals surface area (Å²) < 4.78 is 0. The van der Waals surface area contributed by atoms with Crippen LogP contribution in [0.2, 0.25) is 0 Å². The number of allylic oxidation sites excluding steroid dienone is 9. The number of aliphatic hydroxyl groups excluding tert-OH is 2. The molecule has 0 spiro atoms. The molecule has 0 rings (SSSR count). The Bertz CT molecular complexity index is 1070. The van der Waals surface area contributed by atoms with E-state index in [2.05, 4.69) is 72.0 Å². The number of hydrogen-bond acceptors (Lipinski definition) is 2. The Morgan fingerprint density at radius 2 is 0.854 bits per heavy atom. The predicted octanol–water partition coefficient (Wildman–Crippen LogP) is 11.9. The Hall–Kier alpha value is -3.14. The van der Waals surface area contributed by atoms with Crippen molar-refractivity contribution in [2.45, 2.75) is 179 Å². The quantitative estimate of drug-likeness (QED) is 0.0460. The molecule has 0 aliphatic rings. The zero-order valence-corrected chi connectivity index (χ0v) is 30.4. The van der Waals surface area contributed by atoms with Crippen LogP contribution in [0.15, 0.2) is 60.8 Å². The summed E-state index contributed by atoms with van der Waals surface area (Å²) in [4.78, 5) is 0. The third-order valence-electron chi connectivity index (χ3n) is 8.10. The van der Waals surface area contributed by atoms with Crippen molar-refractivity contribution in [3.63, 3.8) is 0 Å². The molecule has 48 heavy (non-hydrogen) atoms. The molecule has 0 saturated heterocycles. The van der Waals surface area contributed by atoms with E-state index in [-0.39, 0.29) is 0 Å². The van der Waals surface area contributed by atoms with E-state index in [9.17, 15) is 10.2 Å². The zero-order valence-electron chi connectivity index (χ0n) is 30.4. The number of aliphatic hydroxyl groups is 2. The van der Waals surface area contributed by atoms with Crippen LogP contribution < -0.4 is 0 Å². The number of terminal acetylenes is 2. The van der Waals surface area contributed by atoms with Crippen LogP contribution in [0.5, 0.6) is 0 Å². The van der Waals surface area contributed by atoms with Crippen LogP contribution in [0.25, 0.3) is 0 Å². The third kappa shape index (κ3) is 39.0. The highest BCUT2D eigenvalue weighted by atomic mass is 16.3. The molecule has 0 bridgehead atoms. The van der Waals surface area contributed by atoms with Crippen LogP contribution in [0.4, 0.5) is 0 Å². The molecule has 2 heteroatoms. The summed E-state index contributed by atoms with van der Waals surface area (Å²) in [5.41, 5.74) is 0. The number of rotatable bonds is 30. The van der Waals surface area contributed by atoms with Gasteiger partial charge in [0.25, 0.3) is 0 Å². The molecule has 0 unspecified atom stereocenters. The lowest BCUT2D eigenvalue weighted by Gasteiger charge is -2.02. The van der Waals surface area contributed by atoms with Gasteiger partial charge in [-0.15, -0.1) is 12.8 Å². The van der Waals surface area contributed by atoms with Gasteiger partial charge in [-0.25, -0.2) is 0 Å². The lowest BCUT2D eigenvalue weighted by Crippen LogP contribution is -1.97. The molecule has 0 aromatic carbocycles. The van der Waals surface area contributed by atoms with E-state index >= 15 is 0 Å². The van der Waals surface area contributed by atoms with Gasteiger partial charge >= 0.3 is 0 Å². The van der Waals surface area contributed by atoms with Gasteiger partial charge in [-0.3, -0.25) is 0 Å². The van der Waals surface area contributed by atoms with E-state index in [1.54, 1.807) is 6.08 Å². The molecule has 0 aromatic rings. The van der Waals surface area contributed by atoms with Crippen molar-refractivity contribution in [2.75, 3.05) is 0 Å². The van der Waals surface area contributed by atoms with E-state index in [0.29, 0.717) is 0 Å². The summed E-state index contributed by atoms with van der Waals surface area (Å²) in [7, 11) is 0. The Morgan fingerprint density at radius 3 is 1.38 bits per heavy atom. The number of hydrogen-bond donors (Lipinski definition) is 2. The van der Waals surface area contributed by atoms with Gasteiger partial charge in [0.05, 0.1) is 0 Å². The Morgan fingerprint density at radius 1 is 0.438 bits per heavy atom. The fraction of sp³-hybridized carbons (Fsp3) is 0.609. The fourth-order valence-corrected chi connectivity index (χ4v) is 5.22. The van der Waals surface area contributed by atoms with Crippen molar-refractivity contribution in [3.05, 3.63) is 60.8 Å². The number of unbranched alkanes of at least 4 members (excludes halogenated alkanes) is 22. The summed E-state index contributed by atoms with van der Waals surface area (Å²) in [5.74, 6) is 16.4. The molecule has 264 valence electrons. The van der Waals surface area contributed by atoms with E-state index in [4.69, 9.17) is 12.8 Å². The van der Waals surface area contributed by atoms with Crippen LogP contribution in [0.3, 0.4) is 0 Å². The molecule has 0 heterocycles. The highest BCUT2D eigenvalue weighted by molar-refractivity contribution is 5.24. The van der Waals surface area contributed by atoms with Crippen molar-refractivity contribution >= 4 is 0 Å². The van der Waals surface area contributed by atoms with Crippen LogP contribution in [0.1, 0.15) is 167 Å².